The minimum absolute atomic E-state index is 0. The van der Waals surface area contributed by atoms with Crippen LogP contribution in [0.3, 0.4) is 0 Å². The van der Waals surface area contributed by atoms with Crippen LogP contribution in [0.25, 0.3) is 0 Å². The second kappa shape index (κ2) is 18.3. The Morgan fingerprint density at radius 3 is 1.38 bits per heavy atom. The summed E-state index contributed by atoms with van der Waals surface area (Å²) < 4.78 is 0. The van der Waals surface area contributed by atoms with Crippen LogP contribution in [-0.4, -0.2) is 26.2 Å². The summed E-state index contributed by atoms with van der Waals surface area (Å²) in [4.78, 5) is 0. The number of unbranched alkanes of at least 4 members (excludes halogenated alkanes) is 6. The molecular weight excluding hydrogens is 209 g/mol. The molecule has 0 radical (unpaired) electrons. The van der Waals surface area contributed by atoms with Crippen molar-refractivity contribution in [3.05, 3.63) is 0 Å². The van der Waals surface area contributed by atoms with Crippen LogP contribution < -0.4 is 46.3 Å². The Balaban J connectivity index is -0.000000980. The zero-order valence-corrected chi connectivity index (χ0v) is 13.1. The predicted molar refractivity (Wildman–Crippen MR) is 69.0 cm³/mol. The molecule has 94 valence electrons. The minimum Gasteiger partial charge on any atom is -1.00 e. The molecule has 0 bridgehead atoms. The summed E-state index contributed by atoms with van der Waals surface area (Å²) in [6.45, 7) is 4.02. The molecule has 0 spiro atoms. The van der Waals surface area contributed by atoms with Gasteiger partial charge < -0.3 is 18.2 Å². The molecule has 0 amide bonds. The molecule has 0 rings (SSSR count). The standard InChI is InChI=1S/C12H29N3.Na.H/c13-9-5-1-3-7-11-15-12-8-4-2-6-10-14;;/h15H,1-14H2;;/q;+1;-1. The quantitative estimate of drug-likeness (QED) is 0.294. The number of nitrogens with two attached hydrogens (primary N) is 2. The van der Waals surface area contributed by atoms with E-state index in [0.717, 1.165) is 13.1 Å². The van der Waals surface area contributed by atoms with Gasteiger partial charge in [-0.05, 0) is 51.9 Å². The Hall–Kier alpha value is 0.880. The Labute approximate surface area is 125 Å². The number of nitrogens with one attached hydrogen (secondary N) is 1. The SMILES string of the molecule is NCCCCCCNCCCCCCN.[H-].[Na+]. The summed E-state index contributed by atoms with van der Waals surface area (Å²) in [5.41, 5.74) is 10.8. The van der Waals surface area contributed by atoms with Gasteiger partial charge in [0.15, 0.2) is 0 Å². The molecule has 0 aliphatic rings. The summed E-state index contributed by atoms with van der Waals surface area (Å²) in [6.07, 6.45) is 10.2. The maximum absolute atomic E-state index is 5.42. The molecule has 0 aliphatic heterocycles. The fraction of sp³-hybridized carbons (Fsp3) is 1.00. The number of hydrogen-bond donors (Lipinski definition) is 3. The third kappa shape index (κ3) is 17.3. The molecule has 0 aromatic carbocycles. The smallest absolute Gasteiger partial charge is 1.00 e. The van der Waals surface area contributed by atoms with Gasteiger partial charge in [0.25, 0.3) is 0 Å². The molecule has 0 aromatic rings. The fourth-order valence-electron chi connectivity index (χ4n) is 1.62. The number of rotatable bonds is 12. The third-order valence-corrected chi connectivity index (χ3v) is 2.62. The van der Waals surface area contributed by atoms with Crippen molar-refractivity contribution in [2.45, 2.75) is 51.4 Å². The Bertz CT molecular complexity index is 106. The normalized spacial score (nSPS) is 10.1. The van der Waals surface area contributed by atoms with E-state index < -0.39 is 0 Å². The molecule has 3 nitrogen and oxygen atoms in total. The zero-order chi connectivity index (χ0) is 11.2. The first-order valence-electron chi connectivity index (χ1n) is 6.52. The molecule has 4 heteroatoms. The van der Waals surface area contributed by atoms with Gasteiger partial charge in [0, 0.05) is 0 Å². The van der Waals surface area contributed by atoms with Crippen LogP contribution in [0.1, 0.15) is 52.8 Å². The number of hydrogen-bond acceptors (Lipinski definition) is 3. The van der Waals surface area contributed by atoms with Crippen LogP contribution in [0.2, 0.25) is 0 Å². The average molecular weight is 239 g/mol. The first-order valence-corrected chi connectivity index (χ1v) is 6.52. The van der Waals surface area contributed by atoms with Gasteiger partial charge in [-0.3, -0.25) is 0 Å². The van der Waals surface area contributed by atoms with Crippen molar-refractivity contribution in [3.63, 3.8) is 0 Å². The Morgan fingerprint density at radius 1 is 0.625 bits per heavy atom. The summed E-state index contributed by atoms with van der Waals surface area (Å²) in [7, 11) is 0. The van der Waals surface area contributed by atoms with Crippen LogP contribution in [0.5, 0.6) is 0 Å². The molecule has 0 aromatic heterocycles. The van der Waals surface area contributed by atoms with Crippen molar-refractivity contribution < 1.29 is 31.0 Å². The van der Waals surface area contributed by atoms with E-state index in [-0.39, 0.29) is 31.0 Å². The van der Waals surface area contributed by atoms with Gasteiger partial charge in [0.05, 0.1) is 0 Å². The second-order valence-corrected chi connectivity index (χ2v) is 4.16. The molecular formula is C12H30N3Na. The molecule has 5 N–H and O–H groups in total. The van der Waals surface area contributed by atoms with E-state index >= 15 is 0 Å². The van der Waals surface area contributed by atoms with E-state index in [9.17, 15) is 0 Å². The Morgan fingerprint density at radius 2 is 1.00 bits per heavy atom. The van der Waals surface area contributed by atoms with Gasteiger partial charge in [-0.15, -0.1) is 0 Å². The van der Waals surface area contributed by atoms with E-state index in [0.29, 0.717) is 0 Å². The molecule has 0 aliphatic carbocycles. The molecule has 0 fully saturated rings. The molecule has 0 saturated carbocycles. The van der Waals surface area contributed by atoms with Crippen molar-refractivity contribution in [2.24, 2.45) is 11.5 Å². The first-order chi connectivity index (χ1) is 7.41. The second-order valence-electron chi connectivity index (χ2n) is 4.16. The molecule has 0 atom stereocenters. The molecule has 0 heterocycles. The van der Waals surface area contributed by atoms with Crippen LogP contribution >= 0.6 is 0 Å². The van der Waals surface area contributed by atoms with Crippen molar-refractivity contribution in [2.75, 3.05) is 26.2 Å². The zero-order valence-electron chi connectivity index (χ0n) is 12.1. The van der Waals surface area contributed by atoms with Gasteiger partial charge in [0.2, 0.25) is 0 Å². The largest absolute Gasteiger partial charge is 1.00 e. The van der Waals surface area contributed by atoms with E-state index in [1.54, 1.807) is 0 Å². The monoisotopic (exact) mass is 239 g/mol. The summed E-state index contributed by atoms with van der Waals surface area (Å²) in [5.74, 6) is 0. The summed E-state index contributed by atoms with van der Waals surface area (Å²) >= 11 is 0. The summed E-state index contributed by atoms with van der Waals surface area (Å²) in [5, 5.41) is 3.48. The van der Waals surface area contributed by atoms with E-state index in [1.165, 1.54) is 64.5 Å². The van der Waals surface area contributed by atoms with Gasteiger partial charge in [-0.1, -0.05) is 25.7 Å². The van der Waals surface area contributed by atoms with Gasteiger partial charge >= 0.3 is 29.6 Å². The van der Waals surface area contributed by atoms with Gasteiger partial charge in [0.1, 0.15) is 0 Å². The van der Waals surface area contributed by atoms with Crippen molar-refractivity contribution in [1.82, 2.24) is 5.32 Å². The predicted octanol–water partition coefficient (Wildman–Crippen LogP) is -1.27. The van der Waals surface area contributed by atoms with Crippen LogP contribution in [0.4, 0.5) is 0 Å². The maximum atomic E-state index is 5.42. The molecule has 0 unspecified atom stereocenters. The fourth-order valence-corrected chi connectivity index (χ4v) is 1.62. The maximum Gasteiger partial charge on any atom is 1.00 e. The minimum atomic E-state index is 0. The van der Waals surface area contributed by atoms with Crippen molar-refractivity contribution in [3.8, 4) is 0 Å². The topological polar surface area (TPSA) is 64.1 Å². The average Bonchev–Trinajstić information content (AvgIpc) is 2.26. The van der Waals surface area contributed by atoms with Crippen LogP contribution in [0, 0.1) is 0 Å². The Kier molecular flexibility index (Phi) is 21.9. The molecule has 0 saturated heterocycles. The van der Waals surface area contributed by atoms with Crippen LogP contribution in [0.15, 0.2) is 0 Å². The van der Waals surface area contributed by atoms with E-state index in [4.69, 9.17) is 11.5 Å². The first kappa shape index (κ1) is 19.2. The van der Waals surface area contributed by atoms with Gasteiger partial charge in [-0.25, -0.2) is 0 Å². The summed E-state index contributed by atoms with van der Waals surface area (Å²) in [6, 6.07) is 0. The van der Waals surface area contributed by atoms with E-state index in [1.807, 2.05) is 0 Å². The van der Waals surface area contributed by atoms with E-state index in [2.05, 4.69) is 5.32 Å². The van der Waals surface area contributed by atoms with Gasteiger partial charge in [-0.2, -0.15) is 0 Å². The molecule has 16 heavy (non-hydrogen) atoms. The van der Waals surface area contributed by atoms with Crippen molar-refractivity contribution >= 4 is 0 Å². The van der Waals surface area contributed by atoms with Crippen molar-refractivity contribution in [1.29, 1.82) is 0 Å². The van der Waals surface area contributed by atoms with Crippen LogP contribution in [-0.2, 0) is 0 Å². The third-order valence-electron chi connectivity index (χ3n) is 2.62.